The van der Waals surface area contributed by atoms with E-state index in [1.54, 1.807) is 6.08 Å². The molecule has 1 fully saturated rings. The monoisotopic (exact) mass is 249 g/mol. The number of hydrogen-bond acceptors (Lipinski definition) is 4. The molecule has 0 radical (unpaired) electrons. The first-order valence-corrected chi connectivity index (χ1v) is 6.36. The minimum Gasteiger partial charge on any atom is -0.469 e. The van der Waals surface area contributed by atoms with Gasteiger partial charge < -0.3 is 4.74 Å². The molecule has 1 aliphatic carbocycles. The summed E-state index contributed by atoms with van der Waals surface area (Å²) in [5, 5.41) is 9.15. The van der Waals surface area contributed by atoms with E-state index in [0.717, 1.165) is 19.3 Å². The third-order valence-corrected chi connectivity index (χ3v) is 3.34. The maximum Gasteiger partial charge on any atom is 0.309 e. The zero-order valence-corrected chi connectivity index (χ0v) is 10.9. The fourth-order valence-corrected chi connectivity index (χ4v) is 2.34. The van der Waals surface area contributed by atoms with Crippen molar-refractivity contribution in [3.63, 3.8) is 0 Å². The van der Waals surface area contributed by atoms with Crippen LogP contribution < -0.4 is 0 Å². The van der Waals surface area contributed by atoms with Gasteiger partial charge in [0.15, 0.2) is 0 Å². The van der Waals surface area contributed by atoms with Gasteiger partial charge in [-0.15, -0.1) is 0 Å². The molecule has 0 aromatic heterocycles. The molecule has 18 heavy (non-hydrogen) atoms. The molecular weight excluding hydrogens is 230 g/mol. The Labute approximate surface area is 108 Å². The Morgan fingerprint density at radius 1 is 1.61 bits per heavy atom. The van der Waals surface area contributed by atoms with Crippen molar-refractivity contribution in [2.75, 3.05) is 7.11 Å². The van der Waals surface area contributed by atoms with Crippen molar-refractivity contribution in [3.8, 4) is 6.07 Å². The van der Waals surface area contributed by atoms with E-state index in [9.17, 15) is 9.59 Å². The number of unbranched alkanes of at least 4 members (excludes halogenated alkanes) is 2. The summed E-state index contributed by atoms with van der Waals surface area (Å²) in [5.41, 5.74) is 0.432. The molecule has 98 valence electrons. The van der Waals surface area contributed by atoms with Gasteiger partial charge in [0.05, 0.1) is 25.0 Å². The van der Waals surface area contributed by atoms with E-state index in [1.807, 2.05) is 0 Å². The van der Waals surface area contributed by atoms with Gasteiger partial charge in [0.1, 0.15) is 5.78 Å². The molecule has 0 N–H and O–H groups in total. The first kappa shape index (κ1) is 14.4. The maximum atomic E-state index is 11.8. The highest BCUT2D eigenvalue weighted by Crippen LogP contribution is 2.35. The van der Waals surface area contributed by atoms with Gasteiger partial charge in [-0.05, 0) is 12.8 Å². The minimum atomic E-state index is -0.584. The van der Waals surface area contributed by atoms with E-state index in [0.29, 0.717) is 18.4 Å². The number of esters is 1. The highest BCUT2D eigenvalue weighted by Gasteiger charge is 2.42. The second-order valence-electron chi connectivity index (χ2n) is 4.53. The number of Topliss-reactive ketones (excluding diaryl/α,β-unsaturated/α-hetero) is 1. The molecule has 2 unspecified atom stereocenters. The fourth-order valence-electron chi connectivity index (χ4n) is 2.34. The van der Waals surface area contributed by atoms with Crippen LogP contribution >= 0.6 is 0 Å². The van der Waals surface area contributed by atoms with E-state index in [-0.39, 0.29) is 11.8 Å². The van der Waals surface area contributed by atoms with Gasteiger partial charge in [0.25, 0.3) is 0 Å². The molecule has 2 atom stereocenters. The standard InChI is InChI=1S/C14H19NO3/c1-3-4-5-6-10(9-15)13-11(14(17)18-2)7-8-12(13)16/h6,11,13H,3-5,7-8H2,1-2H3/b10-6+. The van der Waals surface area contributed by atoms with E-state index < -0.39 is 11.8 Å². The van der Waals surface area contributed by atoms with Gasteiger partial charge in [-0.25, -0.2) is 0 Å². The zero-order chi connectivity index (χ0) is 13.5. The second kappa shape index (κ2) is 6.95. The number of carbonyl (C=O) groups is 2. The number of methoxy groups -OCH3 is 1. The van der Waals surface area contributed by atoms with Gasteiger partial charge in [-0.3, -0.25) is 9.59 Å². The third-order valence-electron chi connectivity index (χ3n) is 3.34. The number of rotatable bonds is 5. The quantitative estimate of drug-likeness (QED) is 0.426. The lowest BCUT2D eigenvalue weighted by Crippen LogP contribution is -2.25. The molecule has 0 bridgehead atoms. The molecule has 0 aromatic carbocycles. The Bertz CT molecular complexity index is 392. The first-order valence-electron chi connectivity index (χ1n) is 6.36. The van der Waals surface area contributed by atoms with Crippen molar-refractivity contribution in [1.29, 1.82) is 5.26 Å². The topological polar surface area (TPSA) is 67.2 Å². The predicted octanol–water partition coefficient (Wildman–Crippen LogP) is 2.39. The lowest BCUT2D eigenvalue weighted by Gasteiger charge is -2.15. The molecule has 0 heterocycles. The van der Waals surface area contributed by atoms with Crippen LogP contribution in [0.25, 0.3) is 0 Å². The van der Waals surface area contributed by atoms with Crippen molar-refractivity contribution < 1.29 is 14.3 Å². The van der Waals surface area contributed by atoms with Crippen molar-refractivity contribution >= 4 is 11.8 Å². The van der Waals surface area contributed by atoms with Crippen LogP contribution in [0.2, 0.25) is 0 Å². The van der Waals surface area contributed by atoms with Crippen molar-refractivity contribution in [3.05, 3.63) is 11.6 Å². The Morgan fingerprint density at radius 3 is 2.89 bits per heavy atom. The summed E-state index contributed by atoms with van der Waals surface area (Å²) in [6.45, 7) is 2.07. The van der Waals surface area contributed by atoms with E-state index in [1.165, 1.54) is 7.11 Å². The van der Waals surface area contributed by atoms with E-state index in [2.05, 4.69) is 13.0 Å². The predicted molar refractivity (Wildman–Crippen MR) is 66.5 cm³/mol. The largest absolute Gasteiger partial charge is 0.469 e. The summed E-state index contributed by atoms with van der Waals surface area (Å²) < 4.78 is 4.71. The molecule has 0 spiro atoms. The van der Waals surface area contributed by atoms with Crippen molar-refractivity contribution in [2.24, 2.45) is 11.8 Å². The summed E-state index contributed by atoms with van der Waals surface area (Å²) in [5.74, 6) is -1.47. The third kappa shape index (κ3) is 3.19. The van der Waals surface area contributed by atoms with Crippen LogP contribution in [0.4, 0.5) is 0 Å². The molecule has 0 aromatic rings. The molecule has 1 aliphatic rings. The number of hydrogen-bond donors (Lipinski definition) is 0. The minimum absolute atomic E-state index is 0.0188. The van der Waals surface area contributed by atoms with E-state index in [4.69, 9.17) is 10.00 Å². The average molecular weight is 249 g/mol. The first-order chi connectivity index (χ1) is 8.65. The Morgan fingerprint density at radius 2 is 2.33 bits per heavy atom. The lowest BCUT2D eigenvalue weighted by atomic mass is 9.88. The highest BCUT2D eigenvalue weighted by atomic mass is 16.5. The molecule has 0 saturated heterocycles. The van der Waals surface area contributed by atoms with Crippen LogP contribution in [0.15, 0.2) is 11.6 Å². The van der Waals surface area contributed by atoms with Crippen LogP contribution in [0.3, 0.4) is 0 Å². The van der Waals surface area contributed by atoms with Crippen LogP contribution in [0.5, 0.6) is 0 Å². The van der Waals surface area contributed by atoms with Gasteiger partial charge >= 0.3 is 5.97 Å². The van der Waals surface area contributed by atoms with Crippen LogP contribution in [0, 0.1) is 23.2 Å². The number of ether oxygens (including phenoxy) is 1. The Hall–Kier alpha value is -1.63. The molecule has 4 nitrogen and oxygen atoms in total. The van der Waals surface area contributed by atoms with Crippen molar-refractivity contribution in [1.82, 2.24) is 0 Å². The second-order valence-corrected chi connectivity index (χ2v) is 4.53. The van der Waals surface area contributed by atoms with Crippen LogP contribution in [0.1, 0.15) is 39.0 Å². The van der Waals surface area contributed by atoms with Crippen LogP contribution in [-0.2, 0) is 14.3 Å². The van der Waals surface area contributed by atoms with Gasteiger partial charge in [-0.1, -0.05) is 25.8 Å². The Kier molecular flexibility index (Phi) is 5.57. The Balaban J connectivity index is 2.87. The maximum absolute atomic E-state index is 11.8. The summed E-state index contributed by atoms with van der Waals surface area (Å²) >= 11 is 0. The summed E-state index contributed by atoms with van der Waals surface area (Å²) in [6, 6.07) is 2.07. The average Bonchev–Trinajstić information content (AvgIpc) is 2.76. The van der Waals surface area contributed by atoms with Gasteiger partial charge in [-0.2, -0.15) is 5.26 Å². The number of nitriles is 1. The molecule has 1 rings (SSSR count). The SMILES string of the molecule is CCCC/C=C(\C#N)C1C(=O)CCC1C(=O)OC. The molecule has 0 amide bonds. The summed E-state index contributed by atoms with van der Waals surface area (Å²) in [7, 11) is 1.31. The normalized spacial score (nSPS) is 23.8. The number of ketones is 1. The lowest BCUT2D eigenvalue weighted by molar-refractivity contribution is -0.147. The van der Waals surface area contributed by atoms with Crippen LogP contribution in [-0.4, -0.2) is 18.9 Å². The smallest absolute Gasteiger partial charge is 0.309 e. The molecule has 4 heteroatoms. The van der Waals surface area contributed by atoms with Gasteiger partial charge in [0, 0.05) is 12.0 Å². The molecular formula is C14H19NO3. The summed E-state index contributed by atoms with van der Waals surface area (Å²) in [4.78, 5) is 23.4. The highest BCUT2D eigenvalue weighted by molar-refractivity contribution is 5.93. The number of allylic oxidation sites excluding steroid dienone is 2. The number of nitrogens with zero attached hydrogens (tertiary/aromatic N) is 1. The number of carbonyl (C=O) groups excluding carboxylic acids is 2. The zero-order valence-electron chi connectivity index (χ0n) is 10.9. The molecule has 0 aliphatic heterocycles. The van der Waals surface area contributed by atoms with Gasteiger partial charge in [0.2, 0.25) is 0 Å². The summed E-state index contributed by atoms with van der Waals surface area (Å²) in [6.07, 6.45) is 5.44. The van der Waals surface area contributed by atoms with E-state index >= 15 is 0 Å². The van der Waals surface area contributed by atoms with Crippen molar-refractivity contribution in [2.45, 2.75) is 39.0 Å². The fraction of sp³-hybridized carbons (Fsp3) is 0.643. The molecule has 1 saturated carbocycles.